The molecule has 0 bridgehead atoms. The topological polar surface area (TPSA) is 86.6 Å². The van der Waals surface area contributed by atoms with Gasteiger partial charge in [-0.25, -0.2) is 8.78 Å². The number of phenols is 1. The van der Waals surface area contributed by atoms with Crippen LogP contribution in [0.2, 0.25) is 0 Å². The summed E-state index contributed by atoms with van der Waals surface area (Å²) in [6.07, 6.45) is 12.8. The second kappa shape index (κ2) is 10.9. The first-order valence-electron chi connectivity index (χ1n) is 15.0. The molecule has 0 unspecified atom stereocenters. The van der Waals surface area contributed by atoms with Crippen molar-refractivity contribution in [1.82, 2.24) is 25.2 Å². The number of rotatable bonds is 5. The third kappa shape index (κ3) is 4.71. The lowest BCUT2D eigenvalue weighted by Crippen LogP contribution is -2.50. The number of anilines is 1. The molecule has 2 aromatic carbocycles. The number of halogens is 2. The summed E-state index contributed by atoms with van der Waals surface area (Å²) in [5.41, 5.74) is 0.155. The van der Waals surface area contributed by atoms with Crippen molar-refractivity contribution < 1.29 is 18.6 Å². The molecule has 2 aromatic heterocycles. The lowest BCUT2D eigenvalue weighted by Gasteiger charge is -2.44. The SMILES string of the molecule is C#Cc1c(F)ccc2cc(O)cc(-c3ncc4c(N5CCNCC5)nc(OC[C@]56CCC[C@H]5N(C)CCC6)nc4c3F)c12. The predicted octanol–water partition coefficient (Wildman–Crippen LogP) is 4.86. The average Bonchev–Trinajstić information content (AvgIpc) is 3.46. The first-order valence-corrected chi connectivity index (χ1v) is 15.0. The van der Waals surface area contributed by atoms with Gasteiger partial charge in [-0.05, 0) is 62.9 Å². The Kier molecular flexibility index (Phi) is 7.02. The molecule has 0 spiro atoms. The van der Waals surface area contributed by atoms with Gasteiger partial charge in [0.1, 0.15) is 28.6 Å². The molecule has 3 aliphatic rings. The van der Waals surface area contributed by atoms with Gasteiger partial charge in [-0.3, -0.25) is 4.98 Å². The van der Waals surface area contributed by atoms with Crippen molar-refractivity contribution in [2.45, 2.75) is 38.1 Å². The molecule has 2 aliphatic heterocycles. The second-order valence-corrected chi connectivity index (χ2v) is 12.1. The van der Waals surface area contributed by atoms with E-state index in [-0.39, 0.29) is 39.5 Å². The molecule has 0 radical (unpaired) electrons. The quantitative estimate of drug-likeness (QED) is 0.322. The Bertz CT molecular complexity index is 1770. The molecule has 7 rings (SSSR count). The highest BCUT2D eigenvalue weighted by Crippen LogP contribution is 2.47. The molecule has 222 valence electrons. The van der Waals surface area contributed by atoms with Crippen LogP contribution < -0.4 is 15.0 Å². The third-order valence-corrected chi connectivity index (χ3v) is 9.58. The summed E-state index contributed by atoms with van der Waals surface area (Å²) in [5.74, 6) is 1.51. The fourth-order valence-electron chi connectivity index (χ4n) is 7.53. The fourth-order valence-corrected chi connectivity index (χ4v) is 7.53. The normalized spacial score (nSPS) is 22.6. The van der Waals surface area contributed by atoms with E-state index in [1.165, 1.54) is 24.3 Å². The predicted molar refractivity (Wildman–Crippen MR) is 162 cm³/mol. The van der Waals surface area contributed by atoms with Crippen molar-refractivity contribution in [3.8, 4) is 35.4 Å². The van der Waals surface area contributed by atoms with Crippen LogP contribution in [0.1, 0.15) is 37.7 Å². The molecule has 0 amide bonds. The Balaban J connectivity index is 1.37. The second-order valence-electron chi connectivity index (χ2n) is 12.1. The zero-order valence-electron chi connectivity index (χ0n) is 24.2. The largest absolute Gasteiger partial charge is 0.508 e. The number of likely N-dealkylation sites (tertiary alicyclic amines) is 1. The summed E-state index contributed by atoms with van der Waals surface area (Å²) >= 11 is 0. The number of fused-ring (bicyclic) bond motifs is 3. The zero-order valence-corrected chi connectivity index (χ0v) is 24.2. The van der Waals surface area contributed by atoms with Crippen molar-refractivity contribution in [1.29, 1.82) is 0 Å². The number of piperidine rings is 1. The van der Waals surface area contributed by atoms with Crippen molar-refractivity contribution in [2.24, 2.45) is 5.41 Å². The van der Waals surface area contributed by atoms with Crippen LogP contribution in [-0.2, 0) is 0 Å². The number of phenolic OH excluding ortho intramolecular Hbond substituents is 1. The van der Waals surface area contributed by atoms with Crippen LogP contribution in [0.5, 0.6) is 11.8 Å². The van der Waals surface area contributed by atoms with E-state index >= 15 is 4.39 Å². The number of hydrogen-bond acceptors (Lipinski definition) is 8. The highest BCUT2D eigenvalue weighted by Gasteiger charge is 2.47. The minimum atomic E-state index is -0.713. The van der Waals surface area contributed by atoms with Crippen LogP contribution in [-0.4, -0.2) is 77.4 Å². The lowest BCUT2D eigenvalue weighted by molar-refractivity contribution is 0.0133. The number of aromatic hydroxyl groups is 1. The summed E-state index contributed by atoms with van der Waals surface area (Å²) in [4.78, 5) is 18.4. The molecule has 2 saturated heterocycles. The van der Waals surface area contributed by atoms with Crippen molar-refractivity contribution in [3.63, 3.8) is 0 Å². The van der Waals surface area contributed by atoms with E-state index in [2.05, 4.69) is 38.1 Å². The molecular formula is C33H34F2N6O2. The van der Waals surface area contributed by atoms with Gasteiger partial charge in [0.05, 0.1) is 17.6 Å². The molecule has 4 aromatic rings. The van der Waals surface area contributed by atoms with Crippen molar-refractivity contribution in [2.75, 3.05) is 51.3 Å². The maximum Gasteiger partial charge on any atom is 0.319 e. The Labute approximate surface area is 249 Å². The number of aromatic nitrogens is 3. The Morgan fingerprint density at radius 3 is 2.77 bits per heavy atom. The van der Waals surface area contributed by atoms with Gasteiger partial charge in [0.15, 0.2) is 5.82 Å². The standard InChI is InChI=1S/C33H34F2N6O2/c1-3-22-25(34)8-7-20-16-21(42)17-23(27(20)22)29-28(35)30-24(18-37-29)31(41-14-11-36-12-15-41)39-32(38-30)43-19-33-9-4-6-26(33)40(2)13-5-10-33/h1,7-8,16-18,26,36,42H,4-6,9-15,19H2,2H3/t26-,33-/m1/s1. The molecule has 43 heavy (non-hydrogen) atoms. The van der Waals surface area contributed by atoms with E-state index in [0.29, 0.717) is 47.7 Å². The number of nitrogens with zero attached hydrogens (tertiary/aromatic N) is 5. The Morgan fingerprint density at radius 2 is 1.95 bits per heavy atom. The van der Waals surface area contributed by atoms with Gasteiger partial charge in [0, 0.05) is 54.8 Å². The molecule has 4 heterocycles. The van der Waals surface area contributed by atoms with Gasteiger partial charge in [-0.1, -0.05) is 18.4 Å². The minimum Gasteiger partial charge on any atom is -0.508 e. The van der Waals surface area contributed by atoms with E-state index in [1.54, 1.807) is 6.20 Å². The molecule has 1 aliphatic carbocycles. The molecule has 10 heteroatoms. The highest BCUT2D eigenvalue weighted by molar-refractivity contribution is 6.03. The maximum atomic E-state index is 16.7. The number of hydrogen-bond donors (Lipinski definition) is 2. The first-order chi connectivity index (χ1) is 20.9. The molecule has 2 N–H and O–H groups in total. The van der Waals surface area contributed by atoms with Crippen LogP contribution in [0.15, 0.2) is 30.5 Å². The highest BCUT2D eigenvalue weighted by atomic mass is 19.1. The molecule has 1 saturated carbocycles. The zero-order chi connectivity index (χ0) is 29.7. The minimum absolute atomic E-state index is 0.0233. The van der Waals surface area contributed by atoms with E-state index < -0.39 is 11.6 Å². The van der Waals surface area contributed by atoms with Crippen molar-refractivity contribution in [3.05, 3.63) is 47.7 Å². The first kappa shape index (κ1) is 27.7. The van der Waals surface area contributed by atoms with Crippen LogP contribution in [0, 0.1) is 29.4 Å². The van der Waals surface area contributed by atoms with Gasteiger partial charge in [0.25, 0.3) is 0 Å². The summed E-state index contributed by atoms with van der Waals surface area (Å²) in [5, 5.41) is 15.1. The molecule has 8 nitrogen and oxygen atoms in total. The van der Waals surface area contributed by atoms with E-state index in [0.717, 1.165) is 51.7 Å². The van der Waals surface area contributed by atoms with E-state index in [9.17, 15) is 9.50 Å². The summed E-state index contributed by atoms with van der Waals surface area (Å²) < 4.78 is 37.8. The summed E-state index contributed by atoms with van der Waals surface area (Å²) in [6, 6.07) is 6.14. The summed E-state index contributed by atoms with van der Waals surface area (Å²) in [6.45, 7) is 4.46. The van der Waals surface area contributed by atoms with Crippen molar-refractivity contribution >= 4 is 27.5 Å². The van der Waals surface area contributed by atoms with Crippen LogP contribution in [0.3, 0.4) is 0 Å². The number of nitrogens with one attached hydrogen (secondary N) is 1. The third-order valence-electron chi connectivity index (χ3n) is 9.58. The van der Waals surface area contributed by atoms with E-state index in [4.69, 9.17) is 16.1 Å². The molecule has 3 fully saturated rings. The lowest BCUT2D eigenvalue weighted by atomic mass is 9.76. The number of piperazine rings is 1. The monoisotopic (exact) mass is 584 g/mol. The average molecular weight is 585 g/mol. The Hall–Kier alpha value is -4.07. The number of terminal acetylenes is 1. The number of benzene rings is 2. The fraction of sp³-hybridized carbons (Fsp3) is 0.424. The van der Waals surface area contributed by atoms with Gasteiger partial charge >= 0.3 is 6.01 Å². The smallest absolute Gasteiger partial charge is 0.319 e. The number of pyridine rings is 1. The Morgan fingerprint density at radius 1 is 1.14 bits per heavy atom. The van der Waals surface area contributed by atoms with Crippen LogP contribution in [0.25, 0.3) is 32.9 Å². The molecule has 2 atom stereocenters. The summed E-state index contributed by atoms with van der Waals surface area (Å²) in [7, 11) is 2.19. The van der Waals surface area contributed by atoms with Gasteiger partial charge < -0.3 is 25.0 Å². The van der Waals surface area contributed by atoms with Crippen LogP contribution in [0.4, 0.5) is 14.6 Å². The maximum absolute atomic E-state index is 16.7. The van der Waals surface area contributed by atoms with E-state index in [1.807, 2.05) is 0 Å². The molecular weight excluding hydrogens is 550 g/mol. The van der Waals surface area contributed by atoms with Crippen LogP contribution >= 0.6 is 0 Å². The van der Waals surface area contributed by atoms with Gasteiger partial charge in [-0.2, -0.15) is 9.97 Å². The van der Waals surface area contributed by atoms with Gasteiger partial charge in [0.2, 0.25) is 0 Å². The number of ether oxygens (including phenoxy) is 1. The van der Waals surface area contributed by atoms with Gasteiger partial charge in [-0.15, -0.1) is 6.42 Å².